The molecule has 0 saturated carbocycles. The van der Waals surface area contributed by atoms with Gasteiger partial charge in [-0.25, -0.2) is 13.2 Å². The van der Waals surface area contributed by atoms with Crippen LogP contribution in [0.3, 0.4) is 0 Å². The van der Waals surface area contributed by atoms with E-state index in [4.69, 9.17) is 0 Å². The lowest BCUT2D eigenvalue weighted by Gasteiger charge is -2.39. The SMILES string of the molecule is CC(F)CCC[Si]1(c2ccccc2)CCC(c2ccc(-c3cc(F)c(O)c(F)c3)cc2)CC1. The van der Waals surface area contributed by atoms with Crippen LogP contribution in [0.25, 0.3) is 11.1 Å². The fourth-order valence-electron chi connectivity index (χ4n) is 5.38. The number of aromatic hydroxyl groups is 1. The summed E-state index contributed by atoms with van der Waals surface area (Å²) in [7, 11) is -1.66. The molecule has 1 atom stereocenters. The fraction of sp³-hybridized carbons (Fsp3) is 0.357. The van der Waals surface area contributed by atoms with Gasteiger partial charge in [-0.1, -0.05) is 84.3 Å². The van der Waals surface area contributed by atoms with Crippen LogP contribution in [-0.2, 0) is 0 Å². The normalized spacial score (nSPS) is 21.6. The molecule has 1 unspecified atom stereocenters. The van der Waals surface area contributed by atoms with E-state index in [1.165, 1.54) is 22.8 Å². The Morgan fingerprint density at radius 3 is 2.09 bits per heavy atom. The molecule has 3 aromatic rings. The standard InChI is InChI=1S/C28H31F3OSi/c1-20(29)6-5-15-33(25-7-3-2-4-8-25)16-13-23(14-17-33)21-9-11-22(12-10-21)24-18-26(30)28(32)27(31)19-24/h2-4,7-12,18-20,23,32H,5-6,13-17H2,1H3. The van der Waals surface area contributed by atoms with Crippen molar-refractivity contribution in [2.75, 3.05) is 0 Å². The minimum absolute atomic E-state index is 0.413. The summed E-state index contributed by atoms with van der Waals surface area (Å²) in [5.41, 5.74) is 2.39. The van der Waals surface area contributed by atoms with Crippen molar-refractivity contribution in [2.24, 2.45) is 0 Å². The first-order valence-corrected chi connectivity index (χ1v) is 14.5. The summed E-state index contributed by atoms with van der Waals surface area (Å²) in [5, 5.41) is 10.8. The monoisotopic (exact) mass is 468 g/mol. The van der Waals surface area contributed by atoms with E-state index in [-0.39, 0.29) is 0 Å². The van der Waals surface area contributed by atoms with Gasteiger partial charge in [-0.2, -0.15) is 0 Å². The van der Waals surface area contributed by atoms with E-state index in [0.29, 0.717) is 17.9 Å². The predicted octanol–water partition coefficient (Wildman–Crippen LogP) is 7.71. The summed E-state index contributed by atoms with van der Waals surface area (Å²) in [6.07, 6.45) is 3.10. The molecule has 1 saturated heterocycles. The maximum Gasteiger partial charge on any atom is 0.187 e. The Morgan fingerprint density at radius 2 is 1.52 bits per heavy atom. The Morgan fingerprint density at radius 1 is 0.909 bits per heavy atom. The number of halogens is 3. The number of phenolic OH excluding ortho intramolecular Hbond substituents is 1. The molecule has 4 rings (SSSR count). The third-order valence-corrected chi connectivity index (χ3v) is 12.7. The van der Waals surface area contributed by atoms with Crippen LogP contribution in [0, 0.1) is 11.6 Å². The van der Waals surface area contributed by atoms with Gasteiger partial charge in [-0.05, 0) is 60.9 Å². The Kier molecular flexibility index (Phi) is 7.28. The van der Waals surface area contributed by atoms with E-state index >= 15 is 0 Å². The Bertz CT molecular complexity index is 1040. The maximum atomic E-state index is 13.7. The molecule has 0 radical (unpaired) electrons. The summed E-state index contributed by atoms with van der Waals surface area (Å²) in [6, 6.07) is 24.7. The molecule has 1 heterocycles. The number of benzene rings is 3. The molecule has 5 heteroatoms. The molecule has 1 aliphatic rings. The first-order valence-electron chi connectivity index (χ1n) is 11.9. The topological polar surface area (TPSA) is 20.2 Å². The Labute approximate surface area is 195 Å². The third-order valence-electron chi connectivity index (χ3n) is 7.32. The fourth-order valence-corrected chi connectivity index (χ4v) is 10.6. The molecule has 0 amide bonds. The van der Waals surface area contributed by atoms with Crippen molar-refractivity contribution in [3.8, 4) is 16.9 Å². The number of rotatable bonds is 7. The molecule has 1 fully saturated rings. The van der Waals surface area contributed by atoms with Gasteiger partial charge in [0.25, 0.3) is 0 Å². The van der Waals surface area contributed by atoms with Crippen molar-refractivity contribution in [2.45, 2.75) is 62.8 Å². The molecule has 33 heavy (non-hydrogen) atoms. The summed E-state index contributed by atoms with van der Waals surface area (Å²) in [5.74, 6) is -2.38. The highest BCUT2D eigenvalue weighted by molar-refractivity contribution is 6.92. The minimum atomic E-state index is -1.66. The molecule has 1 aliphatic heterocycles. The highest BCUT2D eigenvalue weighted by atomic mass is 28.3. The van der Waals surface area contributed by atoms with Crippen LogP contribution < -0.4 is 5.19 Å². The lowest BCUT2D eigenvalue weighted by Crippen LogP contribution is -2.49. The van der Waals surface area contributed by atoms with E-state index in [1.807, 2.05) is 12.1 Å². The number of hydrogen-bond acceptors (Lipinski definition) is 1. The van der Waals surface area contributed by atoms with Crippen molar-refractivity contribution in [1.29, 1.82) is 0 Å². The Hall–Kier alpha value is -2.53. The molecule has 1 nitrogen and oxygen atoms in total. The summed E-state index contributed by atoms with van der Waals surface area (Å²) in [4.78, 5) is 0. The minimum Gasteiger partial charge on any atom is -0.503 e. The number of hydrogen-bond donors (Lipinski definition) is 1. The van der Waals surface area contributed by atoms with Crippen LogP contribution >= 0.6 is 0 Å². The zero-order chi connectivity index (χ0) is 23.4. The van der Waals surface area contributed by atoms with Gasteiger partial charge in [0.05, 0.1) is 14.2 Å². The van der Waals surface area contributed by atoms with Gasteiger partial charge in [0.1, 0.15) is 0 Å². The van der Waals surface area contributed by atoms with Crippen molar-refractivity contribution >= 4 is 13.3 Å². The van der Waals surface area contributed by atoms with Gasteiger partial charge in [0, 0.05) is 0 Å². The second-order valence-corrected chi connectivity index (χ2v) is 14.1. The molecule has 0 aromatic heterocycles. The first kappa shape index (κ1) is 23.6. The second-order valence-electron chi connectivity index (χ2n) is 9.50. The average molecular weight is 469 g/mol. The van der Waals surface area contributed by atoms with Crippen LogP contribution in [0.15, 0.2) is 66.7 Å². The van der Waals surface area contributed by atoms with E-state index in [9.17, 15) is 18.3 Å². The molecule has 0 spiro atoms. The largest absolute Gasteiger partial charge is 0.503 e. The lowest BCUT2D eigenvalue weighted by molar-refractivity contribution is 0.338. The summed E-state index contributed by atoms with van der Waals surface area (Å²) >= 11 is 0. The average Bonchev–Trinajstić information content (AvgIpc) is 2.83. The van der Waals surface area contributed by atoms with Gasteiger partial charge in [0.2, 0.25) is 0 Å². The summed E-state index contributed by atoms with van der Waals surface area (Å²) < 4.78 is 40.9. The van der Waals surface area contributed by atoms with Crippen LogP contribution in [0.5, 0.6) is 5.75 Å². The quantitative estimate of drug-likeness (QED) is 0.352. The zero-order valence-electron chi connectivity index (χ0n) is 19.0. The van der Waals surface area contributed by atoms with Crippen molar-refractivity contribution in [3.05, 3.63) is 83.9 Å². The van der Waals surface area contributed by atoms with Gasteiger partial charge >= 0.3 is 0 Å². The third kappa shape index (κ3) is 5.35. The highest BCUT2D eigenvalue weighted by Crippen LogP contribution is 2.41. The van der Waals surface area contributed by atoms with E-state index < -0.39 is 31.6 Å². The molecule has 3 aromatic carbocycles. The van der Waals surface area contributed by atoms with Crippen LogP contribution in [0.4, 0.5) is 13.2 Å². The van der Waals surface area contributed by atoms with Crippen LogP contribution in [0.1, 0.15) is 44.1 Å². The number of phenols is 1. The van der Waals surface area contributed by atoms with Gasteiger partial charge in [-0.15, -0.1) is 0 Å². The lowest BCUT2D eigenvalue weighted by atomic mass is 9.92. The second kappa shape index (κ2) is 10.2. The Balaban J connectivity index is 1.48. The van der Waals surface area contributed by atoms with E-state index in [0.717, 1.165) is 43.0 Å². The van der Waals surface area contributed by atoms with Crippen molar-refractivity contribution < 1.29 is 18.3 Å². The highest BCUT2D eigenvalue weighted by Gasteiger charge is 2.38. The molecule has 0 aliphatic carbocycles. The van der Waals surface area contributed by atoms with Gasteiger partial charge in [0.15, 0.2) is 17.4 Å². The first-order chi connectivity index (χ1) is 15.9. The van der Waals surface area contributed by atoms with Gasteiger partial charge in [-0.3, -0.25) is 0 Å². The molecule has 174 valence electrons. The molecule has 1 N–H and O–H groups in total. The van der Waals surface area contributed by atoms with Crippen LogP contribution in [-0.4, -0.2) is 19.4 Å². The molecule has 0 bridgehead atoms. The van der Waals surface area contributed by atoms with E-state index in [1.54, 1.807) is 6.92 Å². The van der Waals surface area contributed by atoms with Crippen molar-refractivity contribution in [3.63, 3.8) is 0 Å². The summed E-state index contributed by atoms with van der Waals surface area (Å²) in [6.45, 7) is 1.65. The molecular formula is C28H31F3OSi. The van der Waals surface area contributed by atoms with Crippen LogP contribution in [0.2, 0.25) is 18.1 Å². The van der Waals surface area contributed by atoms with Crippen molar-refractivity contribution in [1.82, 2.24) is 0 Å². The maximum absolute atomic E-state index is 13.7. The zero-order valence-corrected chi connectivity index (χ0v) is 20.0. The number of alkyl halides is 1. The smallest absolute Gasteiger partial charge is 0.187 e. The van der Waals surface area contributed by atoms with E-state index in [2.05, 4.69) is 42.5 Å². The van der Waals surface area contributed by atoms with Gasteiger partial charge < -0.3 is 5.11 Å². The predicted molar refractivity (Wildman–Crippen MR) is 131 cm³/mol. The molecular weight excluding hydrogens is 437 g/mol.